The third-order valence-electron chi connectivity index (χ3n) is 5.26. The Morgan fingerprint density at radius 2 is 1.94 bits per heavy atom. The molecular formula is C21H22F4N2O4S. The van der Waals surface area contributed by atoms with Gasteiger partial charge in [-0.2, -0.15) is 13.2 Å². The van der Waals surface area contributed by atoms with Gasteiger partial charge in [0.15, 0.2) is 0 Å². The maximum absolute atomic E-state index is 13.9. The topological polar surface area (TPSA) is 86.7 Å². The number of sulfonamides is 1. The molecule has 32 heavy (non-hydrogen) atoms. The first-order chi connectivity index (χ1) is 14.9. The number of anilines is 2. The van der Waals surface area contributed by atoms with Crippen molar-refractivity contribution in [1.82, 2.24) is 0 Å². The van der Waals surface area contributed by atoms with Crippen LogP contribution in [-0.2, 0) is 22.6 Å². The minimum absolute atomic E-state index is 0.0746. The van der Waals surface area contributed by atoms with E-state index in [-0.39, 0.29) is 34.8 Å². The van der Waals surface area contributed by atoms with Crippen molar-refractivity contribution in [3.8, 4) is 0 Å². The van der Waals surface area contributed by atoms with Gasteiger partial charge in [0, 0.05) is 13.1 Å². The number of nitrogens with zero attached hydrogens (tertiary/aromatic N) is 1. The lowest BCUT2D eigenvalue weighted by Gasteiger charge is -2.32. The van der Waals surface area contributed by atoms with Crippen LogP contribution in [0.1, 0.15) is 41.3 Å². The molecule has 2 aromatic carbocycles. The number of aryl methyl sites for hydroxylation is 1. The molecule has 1 saturated heterocycles. The van der Waals surface area contributed by atoms with E-state index in [9.17, 15) is 35.9 Å². The Hall–Kier alpha value is -2.82. The Morgan fingerprint density at radius 1 is 1.22 bits per heavy atom. The van der Waals surface area contributed by atoms with Crippen LogP contribution in [0.4, 0.5) is 28.9 Å². The average Bonchev–Trinajstić information content (AvgIpc) is 2.72. The SMILES string of the molecule is CCc1ccc(C(=O)O)cc1S(=O)(=O)Nc1cc(C(F)(F)F)ccc1N1CCC[C@H](F)C1. The summed E-state index contributed by atoms with van der Waals surface area (Å²) in [6.07, 6.45) is -4.87. The van der Waals surface area contributed by atoms with E-state index < -0.39 is 33.9 Å². The van der Waals surface area contributed by atoms with E-state index in [2.05, 4.69) is 4.72 Å². The Balaban J connectivity index is 2.10. The molecule has 1 heterocycles. The second-order valence-electron chi connectivity index (χ2n) is 7.50. The van der Waals surface area contributed by atoms with Crippen molar-refractivity contribution in [2.75, 3.05) is 22.7 Å². The van der Waals surface area contributed by atoms with Crippen LogP contribution in [0.3, 0.4) is 0 Å². The molecular weight excluding hydrogens is 452 g/mol. The lowest BCUT2D eigenvalue weighted by Crippen LogP contribution is -2.37. The zero-order valence-electron chi connectivity index (χ0n) is 17.1. The molecule has 174 valence electrons. The number of nitrogens with one attached hydrogen (secondary N) is 1. The number of alkyl halides is 4. The molecule has 0 saturated carbocycles. The van der Waals surface area contributed by atoms with Gasteiger partial charge < -0.3 is 10.0 Å². The van der Waals surface area contributed by atoms with E-state index in [1.807, 2.05) is 0 Å². The monoisotopic (exact) mass is 474 g/mol. The molecule has 0 unspecified atom stereocenters. The first-order valence-corrected chi connectivity index (χ1v) is 11.4. The number of aromatic carboxylic acids is 1. The van der Waals surface area contributed by atoms with Crippen molar-refractivity contribution in [1.29, 1.82) is 0 Å². The Labute approximate surface area is 182 Å². The number of halogens is 4. The van der Waals surface area contributed by atoms with E-state index in [4.69, 9.17) is 0 Å². The van der Waals surface area contributed by atoms with Gasteiger partial charge >= 0.3 is 12.1 Å². The quantitative estimate of drug-likeness (QED) is 0.593. The number of hydrogen-bond donors (Lipinski definition) is 2. The van der Waals surface area contributed by atoms with Crippen LogP contribution in [0.15, 0.2) is 41.3 Å². The fraction of sp³-hybridized carbons (Fsp3) is 0.381. The van der Waals surface area contributed by atoms with Gasteiger partial charge in [-0.15, -0.1) is 0 Å². The highest BCUT2D eigenvalue weighted by atomic mass is 32.2. The van der Waals surface area contributed by atoms with Crippen molar-refractivity contribution >= 4 is 27.4 Å². The average molecular weight is 474 g/mol. The number of carbonyl (C=O) groups is 1. The van der Waals surface area contributed by atoms with Crippen molar-refractivity contribution in [2.24, 2.45) is 0 Å². The molecule has 0 radical (unpaired) electrons. The van der Waals surface area contributed by atoms with Crippen molar-refractivity contribution in [3.05, 3.63) is 53.1 Å². The number of rotatable bonds is 6. The van der Waals surface area contributed by atoms with Gasteiger partial charge in [0.05, 0.1) is 27.4 Å². The zero-order chi connectivity index (χ0) is 23.7. The van der Waals surface area contributed by atoms with E-state index >= 15 is 0 Å². The first-order valence-electron chi connectivity index (χ1n) is 9.91. The van der Waals surface area contributed by atoms with Crippen LogP contribution in [0.2, 0.25) is 0 Å². The third kappa shape index (κ3) is 5.14. The molecule has 1 atom stereocenters. The molecule has 0 aliphatic carbocycles. The summed E-state index contributed by atoms with van der Waals surface area (Å²) in [5, 5.41) is 9.21. The molecule has 2 N–H and O–H groups in total. The normalized spacial score (nSPS) is 17.3. The van der Waals surface area contributed by atoms with Gasteiger partial charge in [-0.05, 0) is 55.2 Å². The number of hydrogen-bond acceptors (Lipinski definition) is 4. The maximum Gasteiger partial charge on any atom is 0.416 e. The van der Waals surface area contributed by atoms with Crippen molar-refractivity contribution < 1.29 is 35.9 Å². The van der Waals surface area contributed by atoms with Crippen LogP contribution in [-0.4, -0.2) is 38.8 Å². The summed E-state index contributed by atoms with van der Waals surface area (Å²) >= 11 is 0. The fourth-order valence-corrected chi connectivity index (χ4v) is 5.05. The molecule has 0 amide bonds. The van der Waals surface area contributed by atoms with Gasteiger partial charge in [-0.25, -0.2) is 17.6 Å². The van der Waals surface area contributed by atoms with E-state index in [0.717, 1.165) is 18.2 Å². The number of benzene rings is 2. The summed E-state index contributed by atoms with van der Waals surface area (Å²) in [7, 11) is -4.45. The van der Waals surface area contributed by atoms with E-state index in [1.165, 1.54) is 17.0 Å². The molecule has 1 aliphatic heterocycles. The second-order valence-corrected chi connectivity index (χ2v) is 9.15. The summed E-state index contributed by atoms with van der Waals surface area (Å²) in [6, 6.07) is 6.18. The molecule has 3 rings (SSSR count). The second kappa shape index (κ2) is 8.97. The molecule has 11 heteroatoms. The Bertz CT molecular complexity index is 1120. The largest absolute Gasteiger partial charge is 0.478 e. The summed E-state index contributed by atoms with van der Waals surface area (Å²) in [5.41, 5.74) is -1.27. The van der Waals surface area contributed by atoms with Crippen LogP contribution in [0.5, 0.6) is 0 Å². The first kappa shape index (κ1) is 23.8. The van der Waals surface area contributed by atoms with Gasteiger partial charge in [0.2, 0.25) is 0 Å². The highest BCUT2D eigenvalue weighted by Gasteiger charge is 2.33. The minimum atomic E-state index is -4.72. The Morgan fingerprint density at radius 3 is 2.53 bits per heavy atom. The molecule has 2 aromatic rings. The molecule has 0 bridgehead atoms. The van der Waals surface area contributed by atoms with Crippen LogP contribution in [0.25, 0.3) is 0 Å². The number of piperidine rings is 1. The van der Waals surface area contributed by atoms with Gasteiger partial charge in [-0.3, -0.25) is 4.72 Å². The van der Waals surface area contributed by atoms with Gasteiger partial charge in [0.25, 0.3) is 10.0 Å². The van der Waals surface area contributed by atoms with Crippen LogP contribution < -0.4 is 9.62 Å². The molecule has 0 aromatic heterocycles. The fourth-order valence-electron chi connectivity index (χ4n) is 3.64. The Kier molecular flexibility index (Phi) is 6.68. The predicted octanol–water partition coefficient (Wildman–Crippen LogP) is 4.71. The summed E-state index contributed by atoms with van der Waals surface area (Å²) < 4.78 is 82.3. The highest BCUT2D eigenvalue weighted by Crippen LogP contribution is 2.37. The maximum atomic E-state index is 13.9. The van der Waals surface area contributed by atoms with Crippen molar-refractivity contribution in [3.63, 3.8) is 0 Å². The molecule has 1 aliphatic rings. The van der Waals surface area contributed by atoms with Gasteiger partial charge in [-0.1, -0.05) is 13.0 Å². The highest BCUT2D eigenvalue weighted by molar-refractivity contribution is 7.92. The minimum Gasteiger partial charge on any atom is -0.478 e. The summed E-state index contributed by atoms with van der Waals surface area (Å²) in [6.45, 7) is 1.95. The lowest BCUT2D eigenvalue weighted by atomic mass is 10.1. The smallest absolute Gasteiger partial charge is 0.416 e. The molecule has 1 fully saturated rings. The zero-order valence-corrected chi connectivity index (χ0v) is 17.9. The molecule has 6 nitrogen and oxygen atoms in total. The van der Waals surface area contributed by atoms with Crippen LogP contribution in [0, 0.1) is 0 Å². The number of carboxylic acids is 1. The van der Waals surface area contributed by atoms with E-state index in [0.29, 0.717) is 31.0 Å². The number of carboxylic acid groups (broad SMARTS) is 1. The van der Waals surface area contributed by atoms with Gasteiger partial charge in [0.1, 0.15) is 6.17 Å². The lowest BCUT2D eigenvalue weighted by molar-refractivity contribution is -0.137. The van der Waals surface area contributed by atoms with Crippen molar-refractivity contribution in [2.45, 2.75) is 43.4 Å². The standard InChI is InChI=1S/C21H22F4N2O4S/c1-2-13-5-6-14(20(28)29)10-19(13)32(30,31)26-17-11-15(21(23,24)25)7-8-18(17)27-9-3-4-16(22)12-27/h5-8,10-11,16,26H,2-4,9,12H2,1H3,(H,28,29)/t16-/m0/s1. The third-order valence-corrected chi connectivity index (χ3v) is 6.71. The predicted molar refractivity (Wildman–Crippen MR) is 111 cm³/mol. The van der Waals surface area contributed by atoms with Crippen LogP contribution >= 0.6 is 0 Å². The van der Waals surface area contributed by atoms with E-state index in [1.54, 1.807) is 6.92 Å². The summed E-state index contributed by atoms with van der Waals surface area (Å²) in [5.74, 6) is -1.34. The molecule has 0 spiro atoms. The summed E-state index contributed by atoms with van der Waals surface area (Å²) in [4.78, 5) is 12.5.